The zero-order valence-electron chi connectivity index (χ0n) is 8.85. The summed E-state index contributed by atoms with van der Waals surface area (Å²) in [6.07, 6.45) is 2.39. The van der Waals surface area contributed by atoms with Crippen LogP contribution in [0.2, 0.25) is 0 Å². The van der Waals surface area contributed by atoms with Crippen LogP contribution in [0.25, 0.3) is 0 Å². The summed E-state index contributed by atoms with van der Waals surface area (Å²) in [7, 11) is -10.6. The predicted molar refractivity (Wildman–Crippen MR) is 62.8 cm³/mol. The molecule has 0 unspecified atom stereocenters. The van der Waals surface area contributed by atoms with Crippen LogP contribution in [0.1, 0.15) is 26.7 Å². The summed E-state index contributed by atoms with van der Waals surface area (Å²) < 4.78 is 19.7. The van der Waals surface area contributed by atoms with Crippen molar-refractivity contribution >= 4 is 33.1 Å². The third-order valence-corrected chi connectivity index (χ3v) is 4.73. The van der Waals surface area contributed by atoms with E-state index in [0.29, 0.717) is 5.25 Å². The average Bonchev–Trinajstić information content (AvgIpc) is 2.13. The van der Waals surface area contributed by atoms with Crippen LogP contribution in [0.4, 0.5) is 4.79 Å². The molecule has 0 atom stereocenters. The molecule has 0 aromatic heterocycles. The first-order valence-corrected chi connectivity index (χ1v) is 8.05. The molecule has 0 saturated carbocycles. The molecule has 0 fully saturated rings. The molecule has 0 aliphatic carbocycles. The molecule has 4 N–H and O–H groups in total. The lowest BCUT2D eigenvalue weighted by atomic mass is 10.3. The van der Waals surface area contributed by atoms with Gasteiger partial charge in [0.2, 0.25) is 0 Å². The first-order valence-electron chi connectivity index (χ1n) is 4.31. The molecule has 98 valence electrons. The van der Waals surface area contributed by atoms with Gasteiger partial charge in [0.05, 0.1) is 0 Å². The van der Waals surface area contributed by atoms with Crippen molar-refractivity contribution in [3.05, 3.63) is 0 Å². The Labute approximate surface area is 99.0 Å². The number of hydrogen-bond donors (Lipinski definition) is 5. The van der Waals surface area contributed by atoms with Gasteiger partial charge in [-0.2, -0.15) is 12.6 Å². The Bertz CT molecular complexity index is 278. The van der Waals surface area contributed by atoms with Crippen LogP contribution in [-0.4, -0.2) is 30.1 Å². The van der Waals surface area contributed by atoms with Crippen LogP contribution in [0.15, 0.2) is 0 Å². The zero-order chi connectivity index (χ0) is 13.6. The summed E-state index contributed by atoms with van der Waals surface area (Å²) >= 11 is 4.23. The van der Waals surface area contributed by atoms with Crippen LogP contribution in [-0.2, 0) is 9.13 Å². The number of thiol groups is 1. The van der Waals surface area contributed by atoms with Gasteiger partial charge >= 0.3 is 20.5 Å². The molecule has 0 radical (unpaired) electrons. The lowest BCUT2D eigenvalue weighted by Crippen LogP contribution is -1.96. The second-order valence-corrected chi connectivity index (χ2v) is 6.91. The van der Waals surface area contributed by atoms with Crippen LogP contribution < -0.4 is 0 Å². The van der Waals surface area contributed by atoms with E-state index in [1.54, 1.807) is 0 Å². The number of carbonyl (C=O) groups excluding carboxylic acids is 1. The molecular formula is C6H16O7P2S. The van der Waals surface area contributed by atoms with Crippen molar-refractivity contribution in [1.82, 2.24) is 0 Å². The highest BCUT2D eigenvalue weighted by molar-refractivity contribution is 7.96. The molecule has 0 rings (SSSR count). The van der Waals surface area contributed by atoms with Crippen LogP contribution in [0.3, 0.4) is 0 Å². The third-order valence-electron chi connectivity index (χ3n) is 1.44. The summed E-state index contributed by atoms with van der Waals surface area (Å²) in [6, 6.07) is 0. The number of hydrogen-bond acceptors (Lipinski definition) is 4. The highest BCUT2D eigenvalue weighted by Crippen LogP contribution is 2.54. The van der Waals surface area contributed by atoms with Crippen molar-refractivity contribution in [3.63, 3.8) is 0 Å². The molecule has 7 nitrogen and oxygen atoms in total. The Balaban J connectivity index is 0. The molecule has 0 heterocycles. The van der Waals surface area contributed by atoms with Gasteiger partial charge in [0.1, 0.15) is 0 Å². The van der Waals surface area contributed by atoms with E-state index in [1.165, 1.54) is 12.8 Å². The maximum atomic E-state index is 9.96. The van der Waals surface area contributed by atoms with Gasteiger partial charge in [0.15, 0.2) is 0 Å². The lowest BCUT2D eigenvalue weighted by Gasteiger charge is -2.01. The first kappa shape index (κ1) is 18.7. The fraction of sp³-hybridized carbons (Fsp3) is 0.833. The summed E-state index contributed by atoms with van der Waals surface area (Å²) in [4.78, 5) is 41.5. The van der Waals surface area contributed by atoms with Gasteiger partial charge in [-0.1, -0.05) is 13.8 Å². The van der Waals surface area contributed by atoms with E-state index < -0.39 is 20.5 Å². The number of carbonyl (C=O) groups is 1. The second-order valence-electron chi connectivity index (χ2n) is 2.84. The van der Waals surface area contributed by atoms with Gasteiger partial charge < -0.3 is 19.6 Å². The second kappa shape index (κ2) is 7.61. The summed E-state index contributed by atoms with van der Waals surface area (Å²) in [6.45, 7) is 4.31. The quantitative estimate of drug-likeness (QED) is 0.392. The van der Waals surface area contributed by atoms with E-state index in [2.05, 4.69) is 26.5 Å². The smallest absolute Gasteiger partial charge is 0.319 e. The van der Waals surface area contributed by atoms with Gasteiger partial charge in [0, 0.05) is 5.25 Å². The van der Waals surface area contributed by atoms with Crippen molar-refractivity contribution in [2.24, 2.45) is 0 Å². The molecule has 0 aromatic carbocycles. The van der Waals surface area contributed by atoms with E-state index in [4.69, 9.17) is 19.6 Å². The predicted octanol–water partition coefficient (Wildman–Crippen LogP) is 1.57. The molecule has 0 aliphatic heterocycles. The minimum absolute atomic E-state index is 0.630. The van der Waals surface area contributed by atoms with Gasteiger partial charge in [-0.3, -0.25) is 13.9 Å². The molecule has 10 heteroatoms. The largest absolute Gasteiger partial charge is 0.404 e. The van der Waals surface area contributed by atoms with E-state index in [0.717, 1.165) is 0 Å². The van der Waals surface area contributed by atoms with Crippen LogP contribution >= 0.6 is 27.8 Å². The van der Waals surface area contributed by atoms with E-state index in [-0.39, 0.29) is 0 Å². The van der Waals surface area contributed by atoms with Crippen molar-refractivity contribution in [2.45, 2.75) is 31.9 Å². The molecule has 0 aromatic rings. The SMILES string of the molecule is CCC(S)CC.O=C(P(=O)(O)O)P(=O)(O)O. The Morgan fingerprint density at radius 1 is 1.06 bits per heavy atom. The van der Waals surface area contributed by atoms with Crippen LogP contribution in [0.5, 0.6) is 0 Å². The van der Waals surface area contributed by atoms with Crippen molar-refractivity contribution in [2.75, 3.05) is 0 Å². The zero-order valence-corrected chi connectivity index (χ0v) is 11.5. The van der Waals surface area contributed by atoms with E-state index in [9.17, 15) is 13.9 Å². The number of rotatable bonds is 4. The maximum Gasteiger partial charge on any atom is 0.404 e. The minimum Gasteiger partial charge on any atom is -0.319 e. The molecule has 0 bridgehead atoms. The standard InChI is InChI=1S/C5H12S.CH4O7P2/c1-3-5(6)4-2;2-1(9(3,4)5)10(6,7)8/h5-6H,3-4H2,1-2H3;(H2,3,4,5)(H2,6,7,8). The summed E-state index contributed by atoms with van der Waals surface area (Å²) in [5.41, 5.74) is 0. The Kier molecular flexibility index (Phi) is 8.88. The van der Waals surface area contributed by atoms with Gasteiger partial charge in [-0.25, -0.2) is 0 Å². The van der Waals surface area contributed by atoms with Crippen LogP contribution in [0, 0.1) is 0 Å². The molecule has 16 heavy (non-hydrogen) atoms. The molecule has 0 amide bonds. The van der Waals surface area contributed by atoms with E-state index >= 15 is 0 Å². The van der Waals surface area contributed by atoms with Gasteiger partial charge in [-0.05, 0) is 12.8 Å². The monoisotopic (exact) mass is 294 g/mol. The minimum atomic E-state index is -5.28. The van der Waals surface area contributed by atoms with Gasteiger partial charge in [-0.15, -0.1) is 0 Å². The van der Waals surface area contributed by atoms with Gasteiger partial charge in [0.25, 0.3) is 0 Å². The summed E-state index contributed by atoms with van der Waals surface area (Å²) in [5.74, 6) is 0. The molecule has 0 spiro atoms. The topological polar surface area (TPSA) is 132 Å². The summed E-state index contributed by atoms with van der Waals surface area (Å²) in [5, 5.41) is -1.72. The Morgan fingerprint density at radius 3 is 1.31 bits per heavy atom. The Hall–Kier alpha value is 0.320. The fourth-order valence-electron chi connectivity index (χ4n) is 0.458. The average molecular weight is 294 g/mol. The molecule has 0 saturated heterocycles. The van der Waals surface area contributed by atoms with E-state index in [1.807, 2.05) is 0 Å². The maximum absolute atomic E-state index is 9.96. The van der Waals surface area contributed by atoms with Crippen molar-refractivity contribution in [3.8, 4) is 0 Å². The first-order chi connectivity index (χ1) is 6.96. The third kappa shape index (κ3) is 9.54. The normalized spacial score (nSPS) is 12.0. The highest BCUT2D eigenvalue weighted by Gasteiger charge is 2.41. The Morgan fingerprint density at radius 2 is 1.31 bits per heavy atom. The fourth-order valence-corrected chi connectivity index (χ4v) is 1.82. The van der Waals surface area contributed by atoms with Crippen molar-refractivity contribution < 1.29 is 33.5 Å². The highest BCUT2D eigenvalue weighted by atomic mass is 32.1. The molecular weight excluding hydrogens is 278 g/mol. The molecule has 0 aliphatic rings. The lowest BCUT2D eigenvalue weighted by molar-refractivity contribution is 0.255. The van der Waals surface area contributed by atoms with Crippen molar-refractivity contribution in [1.29, 1.82) is 0 Å².